The zero-order chi connectivity index (χ0) is 27.0. The molecule has 3 aromatic rings. The summed E-state index contributed by atoms with van der Waals surface area (Å²) >= 11 is 0. The number of anilines is 1. The Balaban J connectivity index is 1.23. The Hall–Kier alpha value is -2.97. The predicted molar refractivity (Wildman–Crippen MR) is 135 cm³/mol. The highest BCUT2D eigenvalue weighted by Crippen LogP contribution is 2.43. The molecule has 6 rings (SSSR count). The summed E-state index contributed by atoms with van der Waals surface area (Å²) in [7, 11) is -4.74. The number of imidazole rings is 1. The second-order valence-electron chi connectivity index (χ2n) is 9.80. The molecule has 14 nitrogen and oxygen atoms in total. The summed E-state index contributed by atoms with van der Waals surface area (Å²) in [4.78, 5) is 44.0. The Labute approximate surface area is 223 Å². The van der Waals surface area contributed by atoms with Crippen molar-refractivity contribution in [2.75, 3.05) is 11.9 Å². The summed E-state index contributed by atoms with van der Waals surface area (Å²) < 4.78 is 36.3. The number of rotatable bonds is 8. The molecular formula is C24H29N6O8P. The van der Waals surface area contributed by atoms with E-state index >= 15 is 0 Å². The van der Waals surface area contributed by atoms with Crippen LogP contribution in [0.15, 0.2) is 43.0 Å². The molecule has 39 heavy (non-hydrogen) atoms. The van der Waals surface area contributed by atoms with Gasteiger partial charge in [-0.25, -0.2) is 24.3 Å². The van der Waals surface area contributed by atoms with E-state index in [2.05, 4.69) is 25.6 Å². The van der Waals surface area contributed by atoms with Gasteiger partial charge in [-0.15, -0.1) is 0 Å². The van der Waals surface area contributed by atoms with E-state index in [0.717, 1.165) is 31.2 Å². The summed E-state index contributed by atoms with van der Waals surface area (Å²) in [5.74, 6) is 0.246. The average molecular weight is 561 g/mol. The largest absolute Gasteiger partial charge is 0.469 e. The van der Waals surface area contributed by atoms with Gasteiger partial charge in [0.25, 0.3) is 0 Å². The summed E-state index contributed by atoms with van der Waals surface area (Å²) in [6.45, 7) is -0.404. The van der Waals surface area contributed by atoms with Crippen LogP contribution in [0.25, 0.3) is 11.2 Å². The van der Waals surface area contributed by atoms with Crippen LogP contribution in [0.1, 0.15) is 37.5 Å². The Kier molecular flexibility index (Phi) is 7.33. The lowest BCUT2D eigenvalue weighted by molar-refractivity contribution is -0.149. The van der Waals surface area contributed by atoms with Crippen LogP contribution in [-0.4, -0.2) is 72.6 Å². The molecule has 5 atom stereocenters. The van der Waals surface area contributed by atoms with Crippen LogP contribution in [0.5, 0.6) is 0 Å². The zero-order valence-corrected chi connectivity index (χ0v) is 21.7. The van der Waals surface area contributed by atoms with Crippen LogP contribution in [0.4, 0.5) is 10.6 Å². The first kappa shape index (κ1) is 26.3. The molecule has 0 bridgehead atoms. The first-order chi connectivity index (χ1) is 18.8. The van der Waals surface area contributed by atoms with Crippen molar-refractivity contribution in [1.29, 1.82) is 0 Å². The van der Waals surface area contributed by atoms with E-state index in [1.807, 2.05) is 30.3 Å². The maximum Gasteiger partial charge on any atom is 0.469 e. The number of aromatic nitrogens is 4. The fourth-order valence-corrected chi connectivity index (χ4v) is 5.70. The number of carbonyl (C=O) groups is 1. The van der Waals surface area contributed by atoms with Crippen molar-refractivity contribution in [2.45, 2.75) is 69.0 Å². The van der Waals surface area contributed by atoms with Crippen LogP contribution in [0.2, 0.25) is 0 Å². The van der Waals surface area contributed by atoms with Crippen molar-refractivity contribution in [3.8, 4) is 0 Å². The second-order valence-corrected chi connectivity index (χ2v) is 11.0. The molecule has 3 unspecified atom stereocenters. The summed E-state index contributed by atoms with van der Waals surface area (Å²) in [6.07, 6.45) is 3.84. The zero-order valence-electron chi connectivity index (χ0n) is 20.8. The van der Waals surface area contributed by atoms with E-state index < -0.39 is 45.3 Å². The number of urea groups is 1. The molecule has 1 aliphatic carbocycles. The molecule has 4 N–H and O–H groups in total. The van der Waals surface area contributed by atoms with Gasteiger partial charge in [-0.3, -0.25) is 14.4 Å². The predicted octanol–water partition coefficient (Wildman–Crippen LogP) is 2.25. The number of fused-ring (bicyclic) bond motifs is 2. The minimum Gasteiger partial charge on any atom is -0.347 e. The van der Waals surface area contributed by atoms with Gasteiger partial charge in [0.15, 0.2) is 29.5 Å². The molecule has 1 saturated carbocycles. The third-order valence-electron chi connectivity index (χ3n) is 7.11. The van der Waals surface area contributed by atoms with Gasteiger partial charge in [0.05, 0.1) is 12.9 Å². The van der Waals surface area contributed by atoms with Gasteiger partial charge in [-0.1, -0.05) is 43.2 Å². The number of nitrogens with zero attached hydrogens (tertiary/aromatic N) is 4. The summed E-state index contributed by atoms with van der Waals surface area (Å²) in [5, 5.41) is 5.72. The SMILES string of the molecule is O=C(Nc1ncnc2c1ncn2[C@@H]1O[C@H](COP(=O)(O)O)C2OC(Cc3ccccc3)OC21)NC1CCCC1. The van der Waals surface area contributed by atoms with Crippen molar-refractivity contribution in [1.82, 2.24) is 24.8 Å². The van der Waals surface area contributed by atoms with Crippen molar-refractivity contribution in [2.24, 2.45) is 0 Å². The first-order valence-corrected chi connectivity index (χ1v) is 14.3. The molecule has 2 saturated heterocycles. The molecule has 15 heteroatoms. The summed E-state index contributed by atoms with van der Waals surface area (Å²) in [6, 6.07) is 9.46. The fraction of sp³-hybridized carbons (Fsp3) is 0.500. The quantitative estimate of drug-likeness (QED) is 0.297. The number of hydrogen-bond donors (Lipinski definition) is 4. The van der Waals surface area contributed by atoms with Gasteiger partial charge in [-0.2, -0.15) is 0 Å². The number of carbonyl (C=O) groups excluding carboxylic acids is 1. The molecule has 2 aromatic heterocycles. The molecule has 0 spiro atoms. The van der Waals surface area contributed by atoms with E-state index in [0.29, 0.717) is 17.6 Å². The normalized spacial score (nSPS) is 27.2. The molecule has 208 valence electrons. The van der Waals surface area contributed by atoms with Gasteiger partial charge in [0, 0.05) is 12.5 Å². The smallest absolute Gasteiger partial charge is 0.347 e. The molecule has 1 aromatic carbocycles. The van der Waals surface area contributed by atoms with Crippen LogP contribution >= 0.6 is 7.82 Å². The topological polar surface area (TPSA) is 179 Å². The highest BCUT2D eigenvalue weighted by atomic mass is 31.2. The fourth-order valence-electron chi connectivity index (χ4n) is 5.36. The highest BCUT2D eigenvalue weighted by Gasteiger charge is 2.54. The maximum absolute atomic E-state index is 12.6. The van der Waals surface area contributed by atoms with Gasteiger partial charge in [-0.05, 0) is 18.4 Å². The van der Waals surface area contributed by atoms with Crippen LogP contribution in [0, 0.1) is 0 Å². The van der Waals surface area contributed by atoms with E-state index in [9.17, 15) is 19.1 Å². The average Bonchev–Trinajstić information content (AvgIpc) is 3.68. The Morgan fingerprint density at radius 3 is 2.62 bits per heavy atom. The number of nitrogens with one attached hydrogen (secondary N) is 2. The molecular weight excluding hydrogens is 531 g/mol. The molecule has 3 aliphatic rings. The van der Waals surface area contributed by atoms with E-state index in [-0.39, 0.29) is 17.9 Å². The standard InChI is InChI=1S/C24H29N6O8P/c31-24(28-15-8-4-5-9-15)29-21-18-22(26-12-25-21)30(13-27-18)23-20-19(16(36-23)11-35-39(32,33)34)37-17(38-20)10-14-6-2-1-3-7-14/h1-3,6-7,12-13,15-17,19-20,23H,4-5,8-11H2,(H2,32,33,34)(H2,25,26,28,29,31)/t16-,17?,19?,20?,23-/m1/s1. The molecule has 4 heterocycles. The van der Waals surface area contributed by atoms with Crippen molar-refractivity contribution in [3.05, 3.63) is 48.5 Å². The number of ether oxygens (including phenoxy) is 3. The molecule has 3 fully saturated rings. The molecule has 0 radical (unpaired) electrons. The lowest BCUT2D eigenvalue weighted by atomic mass is 10.1. The van der Waals surface area contributed by atoms with Gasteiger partial charge < -0.3 is 29.3 Å². The van der Waals surface area contributed by atoms with Gasteiger partial charge in [0.2, 0.25) is 0 Å². The van der Waals surface area contributed by atoms with Gasteiger partial charge >= 0.3 is 13.9 Å². The summed E-state index contributed by atoms with van der Waals surface area (Å²) in [5.41, 5.74) is 1.75. The van der Waals surface area contributed by atoms with E-state index in [1.165, 1.54) is 12.7 Å². The van der Waals surface area contributed by atoms with Crippen LogP contribution in [0.3, 0.4) is 0 Å². The third-order valence-corrected chi connectivity index (χ3v) is 7.60. The lowest BCUT2D eigenvalue weighted by Gasteiger charge is -2.21. The van der Waals surface area contributed by atoms with E-state index in [4.69, 9.17) is 18.7 Å². The maximum atomic E-state index is 12.6. The Bertz CT molecular complexity index is 1360. The molecule has 2 aliphatic heterocycles. The monoisotopic (exact) mass is 560 g/mol. The van der Waals surface area contributed by atoms with E-state index in [1.54, 1.807) is 4.57 Å². The molecule has 2 amide bonds. The number of hydrogen-bond acceptors (Lipinski definition) is 9. The van der Waals surface area contributed by atoms with Crippen molar-refractivity contribution >= 4 is 30.8 Å². The number of phosphoric ester groups is 1. The van der Waals surface area contributed by atoms with Crippen molar-refractivity contribution in [3.63, 3.8) is 0 Å². The van der Waals surface area contributed by atoms with Crippen LogP contribution < -0.4 is 10.6 Å². The second kappa shape index (κ2) is 10.9. The lowest BCUT2D eigenvalue weighted by Crippen LogP contribution is -2.36. The highest BCUT2D eigenvalue weighted by molar-refractivity contribution is 7.46. The number of phosphoric acid groups is 1. The Morgan fingerprint density at radius 1 is 1.08 bits per heavy atom. The third kappa shape index (κ3) is 5.82. The first-order valence-electron chi connectivity index (χ1n) is 12.8. The Morgan fingerprint density at radius 2 is 1.85 bits per heavy atom. The number of amides is 2. The minimum atomic E-state index is -4.74. The van der Waals surface area contributed by atoms with Gasteiger partial charge in [0.1, 0.15) is 24.6 Å². The van der Waals surface area contributed by atoms with Crippen LogP contribution in [-0.2, 0) is 29.7 Å². The minimum absolute atomic E-state index is 0.138. The number of benzene rings is 1. The van der Waals surface area contributed by atoms with Crippen molar-refractivity contribution < 1.29 is 37.9 Å².